The fourth-order valence-corrected chi connectivity index (χ4v) is 1.80. The Morgan fingerprint density at radius 3 is 2.60 bits per heavy atom. The summed E-state index contributed by atoms with van der Waals surface area (Å²) in [5, 5.41) is 30.3. The largest absolute Gasteiger partial charge is 0.508 e. The van der Waals surface area contributed by atoms with Crippen molar-refractivity contribution < 1.29 is 24.9 Å². The number of carboxylic acids is 1. The molecule has 2 aromatic rings. The van der Waals surface area contributed by atoms with Crippen LogP contribution in [0.25, 0.3) is 0 Å². The smallest absolute Gasteiger partial charge is 0.339 e. The molecule has 5 N–H and O–H groups in total. The molecule has 104 valence electrons. The van der Waals surface area contributed by atoms with Crippen molar-refractivity contribution in [1.82, 2.24) is 4.98 Å². The number of carbonyl (C=O) groups excluding carboxylic acids is 1. The van der Waals surface area contributed by atoms with Gasteiger partial charge in [-0.2, -0.15) is 0 Å². The number of carboxylic acid groups (broad SMARTS) is 1. The molecule has 2 rings (SSSR count). The summed E-state index contributed by atoms with van der Waals surface area (Å²) in [7, 11) is 0. The van der Waals surface area contributed by atoms with Crippen molar-refractivity contribution in [1.29, 1.82) is 0 Å². The zero-order valence-corrected chi connectivity index (χ0v) is 10.5. The SMILES string of the molecule is Cc1[nH]cc(NC(=O)c2cc(O)ccc2O)c1C(=O)O. The van der Waals surface area contributed by atoms with Gasteiger partial charge in [-0.15, -0.1) is 0 Å². The Morgan fingerprint density at radius 1 is 1.25 bits per heavy atom. The Labute approximate surface area is 113 Å². The number of amides is 1. The lowest BCUT2D eigenvalue weighted by Gasteiger charge is -2.07. The summed E-state index contributed by atoms with van der Waals surface area (Å²) in [4.78, 5) is 25.8. The van der Waals surface area contributed by atoms with Crippen LogP contribution in [0.4, 0.5) is 5.69 Å². The first kappa shape index (κ1) is 13.5. The Kier molecular flexibility index (Phi) is 3.34. The number of aromatic hydroxyl groups is 2. The Morgan fingerprint density at radius 2 is 1.95 bits per heavy atom. The number of aryl methyl sites for hydroxylation is 1. The predicted octanol–water partition coefficient (Wildman–Crippen LogP) is 1.68. The molecule has 0 saturated carbocycles. The molecule has 1 heterocycles. The number of H-pyrrole nitrogens is 1. The number of anilines is 1. The second kappa shape index (κ2) is 4.96. The van der Waals surface area contributed by atoms with Gasteiger partial charge in [0.15, 0.2) is 0 Å². The van der Waals surface area contributed by atoms with E-state index in [1.54, 1.807) is 6.92 Å². The maximum atomic E-state index is 12.0. The number of benzene rings is 1. The summed E-state index contributed by atoms with van der Waals surface area (Å²) >= 11 is 0. The number of phenols is 2. The van der Waals surface area contributed by atoms with Crippen molar-refractivity contribution in [2.75, 3.05) is 5.32 Å². The molecule has 0 spiro atoms. The van der Waals surface area contributed by atoms with Gasteiger partial charge >= 0.3 is 5.97 Å². The molecule has 0 radical (unpaired) electrons. The molecule has 0 atom stereocenters. The van der Waals surface area contributed by atoms with Gasteiger partial charge in [0.05, 0.1) is 11.3 Å². The first-order valence-corrected chi connectivity index (χ1v) is 5.64. The molecule has 0 aliphatic rings. The third kappa shape index (κ3) is 2.41. The normalized spacial score (nSPS) is 10.2. The van der Waals surface area contributed by atoms with Crippen LogP contribution in [-0.4, -0.2) is 32.2 Å². The van der Waals surface area contributed by atoms with Crippen LogP contribution < -0.4 is 5.32 Å². The number of nitrogens with one attached hydrogen (secondary N) is 2. The van der Waals surface area contributed by atoms with Crippen LogP contribution in [-0.2, 0) is 0 Å². The van der Waals surface area contributed by atoms with Crippen molar-refractivity contribution in [3.63, 3.8) is 0 Å². The van der Waals surface area contributed by atoms with E-state index < -0.39 is 11.9 Å². The maximum Gasteiger partial charge on any atom is 0.339 e. The van der Waals surface area contributed by atoms with Crippen LogP contribution in [0.15, 0.2) is 24.4 Å². The average molecular weight is 276 g/mol. The van der Waals surface area contributed by atoms with Crippen LogP contribution in [0, 0.1) is 6.92 Å². The summed E-state index contributed by atoms with van der Waals surface area (Å²) in [5.74, 6) is -2.40. The fraction of sp³-hybridized carbons (Fsp3) is 0.0769. The molecule has 0 fully saturated rings. The van der Waals surface area contributed by atoms with Crippen LogP contribution >= 0.6 is 0 Å². The Hall–Kier alpha value is -2.96. The van der Waals surface area contributed by atoms with Crippen molar-refractivity contribution >= 4 is 17.6 Å². The minimum absolute atomic E-state index is 0.0574. The van der Waals surface area contributed by atoms with Crippen LogP contribution in [0.3, 0.4) is 0 Å². The third-order valence-electron chi connectivity index (χ3n) is 2.76. The third-order valence-corrected chi connectivity index (χ3v) is 2.76. The van der Waals surface area contributed by atoms with Crippen LogP contribution in [0.1, 0.15) is 26.4 Å². The topological polar surface area (TPSA) is 123 Å². The van der Waals surface area contributed by atoms with Gasteiger partial charge < -0.3 is 25.6 Å². The van der Waals surface area contributed by atoms with Gasteiger partial charge in [-0.25, -0.2) is 4.79 Å². The van der Waals surface area contributed by atoms with Gasteiger partial charge in [-0.3, -0.25) is 4.79 Å². The van der Waals surface area contributed by atoms with Crippen molar-refractivity contribution in [3.8, 4) is 11.5 Å². The van der Waals surface area contributed by atoms with Gasteiger partial charge in [0.25, 0.3) is 5.91 Å². The van der Waals surface area contributed by atoms with E-state index in [9.17, 15) is 19.8 Å². The zero-order chi connectivity index (χ0) is 14.9. The molecule has 0 bridgehead atoms. The number of aromatic nitrogens is 1. The summed E-state index contributed by atoms with van der Waals surface area (Å²) < 4.78 is 0. The molecular weight excluding hydrogens is 264 g/mol. The average Bonchev–Trinajstić information content (AvgIpc) is 2.73. The van der Waals surface area contributed by atoms with E-state index >= 15 is 0 Å². The first-order chi connectivity index (χ1) is 9.40. The summed E-state index contributed by atoms with van der Waals surface area (Å²) in [6, 6.07) is 3.49. The van der Waals surface area contributed by atoms with E-state index in [2.05, 4.69) is 10.3 Å². The van der Waals surface area contributed by atoms with E-state index in [4.69, 9.17) is 5.11 Å². The highest BCUT2D eigenvalue weighted by Gasteiger charge is 2.19. The first-order valence-electron chi connectivity index (χ1n) is 5.64. The van der Waals surface area contributed by atoms with Gasteiger partial charge in [-0.1, -0.05) is 0 Å². The zero-order valence-electron chi connectivity index (χ0n) is 10.5. The lowest BCUT2D eigenvalue weighted by atomic mass is 10.1. The Bertz CT molecular complexity index is 690. The molecule has 7 heteroatoms. The van der Waals surface area contributed by atoms with E-state index in [1.807, 2.05) is 0 Å². The van der Waals surface area contributed by atoms with E-state index in [1.165, 1.54) is 18.3 Å². The van der Waals surface area contributed by atoms with E-state index in [-0.39, 0.29) is 28.3 Å². The highest BCUT2D eigenvalue weighted by molar-refractivity contribution is 6.09. The highest BCUT2D eigenvalue weighted by Crippen LogP contribution is 2.25. The van der Waals surface area contributed by atoms with Crippen molar-refractivity contribution in [2.24, 2.45) is 0 Å². The number of carbonyl (C=O) groups is 2. The summed E-state index contributed by atoms with van der Waals surface area (Å²) in [6.07, 6.45) is 1.34. The molecule has 0 aliphatic carbocycles. The van der Waals surface area contributed by atoms with Gasteiger partial charge in [0.1, 0.15) is 17.1 Å². The quantitative estimate of drug-likeness (QED) is 0.546. The van der Waals surface area contributed by atoms with Crippen LogP contribution in [0.2, 0.25) is 0 Å². The predicted molar refractivity (Wildman–Crippen MR) is 70.2 cm³/mol. The molecule has 1 aromatic heterocycles. The van der Waals surface area contributed by atoms with Gasteiger partial charge in [-0.05, 0) is 25.1 Å². The second-order valence-corrected chi connectivity index (χ2v) is 4.16. The Balaban J connectivity index is 2.33. The number of aromatic carboxylic acids is 1. The number of aromatic amines is 1. The van der Waals surface area contributed by atoms with E-state index in [0.29, 0.717) is 5.69 Å². The lowest BCUT2D eigenvalue weighted by molar-refractivity contribution is 0.0697. The summed E-state index contributed by atoms with van der Waals surface area (Å²) in [5.41, 5.74) is 0.272. The van der Waals surface area contributed by atoms with Gasteiger partial charge in [0, 0.05) is 11.9 Å². The molecule has 0 unspecified atom stereocenters. The lowest BCUT2D eigenvalue weighted by Crippen LogP contribution is -2.14. The number of rotatable bonds is 3. The fourth-order valence-electron chi connectivity index (χ4n) is 1.80. The molecule has 1 amide bonds. The number of hydrogen-bond acceptors (Lipinski definition) is 4. The molecule has 1 aromatic carbocycles. The highest BCUT2D eigenvalue weighted by atomic mass is 16.4. The standard InChI is InChI=1S/C13H12N2O5/c1-6-11(13(19)20)9(5-14-6)15-12(18)8-4-7(16)2-3-10(8)17/h2-5,14,16-17H,1H3,(H,15,18)(H,19,20). The second-order valence-electron chi connectivity index (χ2n) is 4.16. The molecule has 0 aliphatic heterocycles. The maximum absolute atomic E-state index is 12.0. The number of hydrogen-bond donors (Lipinski definition) is 5. The van der Waals surface area contributed by atoms with E-state index in [0.717, 1.165) is 6.07 Å². The minimum Gasteiger partial charge on any atom is -0.508 e. The summed E-state index contributed by atoms with van der Waals surface area (Å²) in [6.45, 7) is 1.56. The minimum atomic E-state index is -1.18. The monoisotopic (exact) mass is 276 g/mol. The molecule has 7 nitrogen and oxygen atoms in total. The molecular formula is C13H12N2O5. The molecule has 0 saturated heterocycles. The van der Waals surface area contributed by atoms with Gasteiger partial charge in [0.2, 0.25) is 0 Å². The van der Waals surface area contributed by atoms with Crippen molar-refractivity contribution in [3.05, 3.63) is 41.2 Å². The number of phenolic OH excluding ortho intramolecular Hbond substituents is 2. The molecule has 20 heavy (non-hydrogen) atoms. The van der Waals surface area contributed by atoms with Crippen molar-refractivity contribution in [2.45, 2.75) is 6.92 Å². The van der Waals surface area contributed by atoms with Crippen LogP contribution in [0.5, 0.6) is 11.5 Å².